The van der Waals surface area contributed by atoms with E-state index in [1.54, 1.807) is 24.3 Å². The number of esters is 1. The standard InChI is InChI=1S/C9H12N2O2/c10-6-8(11)9(12)13-7-4-2-1-3-5-7/h1-5,8H,6,10-11H2. The molecule has 4 N–H and O–H groups in total. The monoisotopic (exact) mass is 180 g/mol. The minimum absolute atomic E-state index is 0.0890. The molecule has 1 aromatic rings. The lowest BCUT2D eigenvalue weighted by Crippen LogP contribution is -2.40. The van der Waals surface area contributed by atoms with Crippen LogP contribution < -0.4 is 16.2 Å². The van der Waals surface area contributed by atoms with Crippen molar-refractivity contribution in [2.75, 3.05) is 6.54 Å². The topological polar surface area (TPSA) is 78.3 Å². The van der Waals surface area contributed by atoms with E-state index in [9.17, 15) is 4.79 Å². The van der Waals surface area contributed by atoms with Crippen LogP contribution in [-0.4, -0.2) is 18.6 Å². The predicted octanol–water partition coefficient (Wildman–Crippen LogP) is -0.122. The molecule has 0 aliphatic heterocycles. The van der Waals surface area contributed by atoms with Crippen LogP contribution in [-0.2, 0) is 4.79 Å². The molecule has 1 atom stereocenters. The van der Waals surface area contributed by atoms with Crippen LogP contribution >= 0.6 is 0 Å². The molecule has 0 bridgehead atoms. The molecule has 13 heavy (non-hydrogen) atoms. The van der Waals surface area contributed by atoms with Crippen molar-refractivity contribution in [2.45, 2.75) is 6.04 Å². The first-order valence-corrected chi connectivity index (χ1v) is 3.96. The second-order valence-electron chi connectivity index (χ2n) is 2.58. The molecular formula is C9H12N2O2. The number of benzene rings is 1. The van der Waals surface area contributed by atoms with Crippen LogP contribution in [0.5, 0.6) is 5.75 Å². The SMILES string of the molecule is NCC(N)C(=O)Oc1ccccc1. The van der Waals surface area contributed by atoms with Crippen LogP contribution in [0.25, 0.3) is 0 Å². The van der Waals surface area contributed by atoms with Gasteiger partial charge < -0.3 is 16.2 Å². The number of rotatable bonds is 3. The fourth-order valence-electron chi connectivity index (χ4n) is 0.777. The summed E-state index contributed by atoms with van der Waals surface area (Å²) in [6.07, 6.45) is 0. The highest BCUT2D eigenvalue weighted by atomic mass is 16.5. The molecular weight excluding hydrogens is 168 g/mol. The molecule has 0 spiro atoms. The summed E-state index contributed by atoms with van der Waals surface area (Å²) in [5.41, 5.74) is 10.6. The Labute approximate surface area is 76.5 Å². The van der Waals surface area contributed by atoms with E-state index in [2.05, 4.69) is 0 Å². The van der Waals surface area contributed by atoms with Gasteiger partial charge in [-0.05, 0) is 12.1 Å². The van der Waals surface area contributed by atoms with E-state index in [-0.39, 0.29) is 6.54 Å². The summed E-state index contributed by atoms with van der Waals surface area (Å²) in [4.78, 5) is 11.1. The van der Waals surface area contributed by atoms with E-state index in [4.69, 9.17) is 16.2 Å². The Balaban J connectivity index is 2.55. The van der Waals surface area contributed by atoms with Gasteiger partial charge >= 0.3 is 5.97 Å². The highest BCUT2D eigenvalue weighted by Crippen LogP contribution is 2.08. The van der Waals surface area contributed by atoms with Gasteiger partial charge in [0.1, 0.15) is 11.8 Å². The third kappa shape index (κ3) is 2.85. The summed E-state index contributed by atoms with van der Waals surface area (Å²) < 4.78 is 4.92. The second kappa shape index (κ2) is 4.59. The zero-order chi connectivity index (χ0) is 9.68. The van der Waals surface area contributed by atoms with Crippen LogP contribution in [0.4, 0.5) is 0 Å². The van der Waals surface area contributed by atoms with Gasteiger partial charge in [0.25, 0.3) is 0 Å². The van der Waals surface area contributed by atoms with Gasteiger partial charge in [0, 0.05) is 6.54 Å². The van der Waals surface area contributed by atoms with Crippen molar-refractivity contribution in [3.63, 3.8) is 0 Å². The Morgan fingerprint density at radius 1 is 1.38 bits per heavy atom. The van der Waals surface area contributed by atoms with Crippen molar-refractivity contribution in [2.24, 2.45) is 11.5 Å². The van der Waals surface area contributed by atoms with Crippen LogP contribution in [0, 0.1) is 0 Å². The van der Waals surface area contributed by atoms with Crippen LogP contribution in [0.3, 0.4) is 0 Å². The molecule has 1 aromatic carbocycles. The van der Waals surface area contributed by atoms with Gasteiger partial charge in [0.05, 0.1) is 0 Å². The summed E-state index contributed by atoms with van der Waals surface area (Å²) in [6, 6.07) is 8.00. The molecule has 0 saturated carbocycles. The van der Waals surface area contributed by atoms with Crippen LogP contribution in [0.15, 0.2) is 30.3 Å². The molecule has 0 heterocycles. The van der Waals surface area contributed by atoms with Gasteiger partial charge in [0.15, 0.2) is 0 Å². The van der Waals surface area contributed by atoms with Gasteiger partial charge in [0.2, 0.25) is 0 Å². The smallest absolute Gasteiger partial charge is 0.329 e. The minimum atomic E-state index is -0.750. The normalized spacial score (nSPS) is 12.2. The average Bonchev–Trinajstić information content (AvgIpc) is 2.18. The molecule has 1 unspecified atom stereocenters. The zero-order valence-electron chi connectivity index (χ0n) is 7.14. The summed E-state index contributed by atoms with van der Waals surface area (Å²) in [5, 5.41) is 0. The van der Waals surface area contributed by atoms with Gasteiger partial charge in [-0.2, -0.15) is 0 Å². The lowest BCUT2D eigenvalue weighted by atomic mass is 10.3. The van der Waals surface area contributed by atoms with Gasteiger partial charge in [-0.25, -0.2) is 4.79 Å². The van der Waals surface area contributed by atoms with E-state index < -0.39 is 12.0 Å². The summed E-state index contributed by atoms with van der Waals surface area (Å²) in [6.45, 7) is 0.0890. The third-order valence-electron chi connectivity index (χ3n) is 1.52. The number of para-hydroxylation sites is 1. The quantitative estimate of drug-likeness (QED) is 0.502. The maximum Gasteiger partial charge on any atom is 0.329 e. The summed E-state index contributed by atoms with van der Waals surface area (Å²) in [5.74, 6) is -0.0231. The maximum absolute atomic E-state index is 11.1. The van der Waals surface area contributed by atoms with Crippen LogP contribution in [0.1, 0.15) is 0 Å². The van der Waals surface area contributed by atoms with Gasteiger partial charge in [-0.3, -0.25) is 0 Å². The fraction of sp³-hybridized carbons (Fsp3) is 0.222. The second-order valence-corrected chi connectivity index (χ2v) is 2.58. The lowest BCUT2D eigenvalue weighted by molar-refractivity contribution is -0.135. The van der Waals surface area contributed by atoms with Crippen molar-refractivity contribution in [1.29, 1.82) is 0 Å². The van der Waals surface area contributed by atoms with E-state index in [0.29, 0.717) is 5.75 Å². The molecule has 4 heteroatoms. The first-order valence-electron chi connectivity index (χ1n) is 3.96. The molecule has 4 nitrogen and oxygen atoms in total. The van der Waals surface area contributed by atoms with Gasteiger partial charge in [-0.1, -0.05) is 18.2 Å². The number of carbonyl (C=O) groups excluding carboxylic acids is 1. The predicted molar refractivity (Wildman–Crippen MR) is 49.1 cm³/mol. The highest BCUT2D eigenvalue weighted by molar-refractivity contribution is 5.78. The Bertz CT molecular complexity index is 274. The Kier molecular flexibility index (Phi) is 3.42. The summed E-state index contributed by atoms with van der Waals surface area (Å²) in [7, 11) is 0. The molecule has 1 rings (SSSR count). The molecule has 0 fully saturated rings. The molecule has 0 radical (unpaired) electrons. The van der Waals surface area contributed by atoms with E-state index in [1.165, 1.54) is 0 Å². The number of hydrogen-bond acceptors (Lipinski definition) is 4. The first-order chi connectivity index (χ1) is 6.24. The summed E-state index contributed by atoms with van der Waals surface area (Å²) >= 11 is 0. The largest absolute Gasteiger partial charge is 0.425 e. The Morgan fingerprint density at radius 2 is 2.00 bits per heavy atom. The third-order valence-corrected chi connectivity index (χ3v) is 1.52. The molecule has 0 aliphatic carbocycles. The van der Waals surface area contributed by atoms with E-state index in [1.807, 2.05) is 6.07 Å². The molecule has 0 saturated heterocycles. The number of ether oxygens (including phenoxy) is 1. The van der Waals surface area contributed by atoms with Crippen LogP contribution in [0.2, 0.25) is 0 Å². The van der Waals surface area contributed by atoms with Crippen molar-refractivity contribution < 1.29 is 9.53 Å². The maximum atomic E-state index is 11.1. The average molecular weight is 180 g/mol. The van der Waals surface area contributed by atoms with Gasteiger partial charge in [-0.15, -0.1) is 0 Å². The first kappa shape index (κ1) is 9.70. The molecule has 0 amide bonds. The molecule has 0 aromatic heterocycles. The Hall–Kier alpha value is -1.39. The minimum Gasteiger partial charge on any atom is -0.425 e. The molecule has 70 valence electrons. The van der Waals surface area contributed by atoms with Crippen molar-refractivity contribution in [3.8, 4) is 5.75 Å². The lowest BCUT2D eigenvalue weighted by Gasteiger charge is -2.07. The highest BCUT2D eigenvalue weighted by Gasteiger charge is 2.13. The van der Waals surface area contributed by atoms with Crippen molar-refractivity contribution in [3.05, 3.63) is 30.3 Å². The van der Waals surface area contributed by atoms with E-state index in [0.717, 1.165) is 0 Å². The van der Waals surface area contributed by atoms with E-state index >= 15 is 0 Å². The number of carbonyl (C=O) groups is 1. The number of hydrogen-bond donors (Lipinski definition) is 2. The Morgan fingerprint density at radius 3 is 2.54 bits per heavy atom. The zero-order valence-corrected chi connectivity index (χ0v) is 7.14. The molecule has 0 aliphatic rings. The fourth-order valence-corrected chi connectivity index (χ4v) is 0.777. The van der Waals surface area contributed by atoms with Crippen molar-refractivity contribution >= 4 is 5.97 Å². The number of nitrogens with two attached hydrogens (primary N) is 2. The van der Waals surface area contributed by atoms with Crippen molar-refractivity contribution in [1.82, 2.24) is 0 Å².